The largest absolute Gasteiger partial charge is 0.465 e. The molecule has 73 heavy (non-hydrogen) atoms. The molecule has 6 nitrogen and oxygen atoms in total. The Morgan fingerprint density at radius 1 is 0.356 bits per heavy atom. The molecular formula is C67H128O6. The van der Waals surface area contributed by atoms with Crippen LogP contribution in [0, 0.1) is 11.3 Å². The third-order valence-electron chi connectivity index (χ3n) is 16.5. The molecule has 6 heteroatoms. The molecule has 1 saturated heterocycles. The smallest absolute Gasteiger partial charge is 0.313 e. The van der Waals surface area contributed by atoms with Crippen molar-refractivity contribution in [1.82, 2.24) is 0 Å². The second-order valence-corrected chi connectivity index (χ2v) is 23.9. The fourth-order valence-electron chi connectivity index (χ4n) is 11.1. The number of rotatable bonds is 58. The number of unbranched alkanes of at least 4 members (excludes halogenated alkanes) is 54. The maximum absolute atomic E-state index is 12.5. The Kier molecular flexibility index (Phi) is 54.2. The van der Waals surface area contributed by atoms with Crippen LogP contribution in [0.15, 0.2) is 12.2 Å². The molecule has 1 aliphatic heterocycles. The van der Waals surface area contributed by atoms with Crippen molar-refractivity contribution in [2.24, 2.45) is 11.3 Å². The highest BCUT2D eigenvalue weighted by Gasteiger charge is 2.36. The Labute approximate surface area is 455 Å². The van der Waals surface area contributed by atoms with Crippen molar-refractivity contribution in [2.75, 3.05) is 26.4 Å². The SMILES string of the molecule is CCCCCCCCCCCCCCCCCCCCCCCCCCCCCCCCCCCCCCCCCCCCCCCCCCCCCCCC/C=C/C1CC(=O)OCC(CO)(CO)COC1=O. The number of carbonyl (C=O) groups is 2. The predicted octanol–water partition coefficient (Wildman–Crippen LogP) is 21.1. The summed E-state index contributed by atoms with van der Waals surface area (Å²) in [5.41, 5.74) is -1.15. The highest BCUT2D eigenvalue weighted by atomic mass is 16.6. The summed E-state index contributed by atoms with van der Waals surface area (Å²) < 4.78 is 10.5. The van der Waals surface area contributed by atoms with E-state index in [2.05, 4.69) is 6.92 Å². The van der Waals surface area contributed by atoms with Crippen molar-refractivity contribution in [3.63, 3.8) is 0 Å². The van der Waals surface area contributed by atoms with Crippen molar-refractivity contribution in [2.45, 2.75) is 366 Å². The van der Waals surface area contributed by atoms with E-state index < -0.39 is 36.5 Å². The molecule has 1 fully saturated rings. The molecule has 0 aliphatic carbocycles. The van der Waals surface area contributed by atoms with E-state index in [9.17, 15) is 19.8 Å². The third-order valence-corrected chi connectivity index (χ3v) is 16.5. The standard InChI is InChI=1S/C67H128O6/c1-2-3-4-5-6-7-8-9-10-11-12-13-14-15-16-17-18-19-20-21-22-23-24-25-26-27-28-29-30-31-32-33-34-35-36-37-38-39-40-41-42-43-44-45-46-47-48-49-50-51-52-53-54-55-56-57-58-64-59-65(70)72-62-67(60-68,61-69)63-73-66(64)71/h57-58,64,68-69H,2-56,59-63H2,1H3/b58-57+. The Balaban J connectivity index is 1.67. The molecule has 0 aromatic rings. The predicted molar refractivity (Wildman–Crippen MR) is 315 cm³/mol. The van der Waals surface area contributed by atoms with Gasteiger partial charge in [0.2, 0.25) is 0 Å². The molecule has 1 aliphatic rings. The number of esters is 2. The van der Waals surface area contributed by atoms with E-state index in [-0.39, 0.29) is 19.6 Å². The van der Waals surface area contributed by atoms with Crippen LogP contribution in [0.2, 0.25) is 0 Å². The minimum atomic E-state index is -1.15. The summed E-state index contributed by atoms with van der Waals surface area (Å²) in [7, 11) is 0. The van der Waals surface area contributed by atoms with E-state index in [1.165, 1.54) is 340 Å². The number of hydrogen-bond acceptors (Lipinski definition) is 6. The molecule has 1 atom stereocenters. The van der Waals surface area contributed by atoms with Crippen LogP contribution < -0.4 is 0 Å². The van der Waals surface area contributed by atoms with Gasteiger partial charge in [0, 0.05) is 0 Å². The molecule has 0 aromatic carbocycles. The number of hydrogen-bond donors (Lipinski definition) is 2. The topological polar surface area (TPSA) is 93.1 Å². The minimum Gasteiger partial charge on any atom is -0.465 e. The van der Waals surface area contributed by atoms with Crippen molar-refractivity contribution in [3.05, 3.63) is 12.2 Å². The van der Waals surface area contributed by atoms with Crippen molar-refractivity contribution >= 4 is 11.9 Å². The number of carbonyl (C=O) groups excluding carboxylic acids is 2. The molecule has 2 N–H and O–H groups in total. The lowest BCUT2D eigenvalue weighted by atomic mass is 9.92. The lowest BCUT2D eigenvalue weighted by Crippen LogP contribution is -2.40. The fraction of sp³-hybridized carbons (Fsp3) is 0.940. The number of ether oxygens (including phenoxy) is 2. The van der Waals surface area contributed by atoms with E-state index in [1.807, 2.05) is 6.08 Å². The van der Waals surface area contributed by atoms with E-state index in [4.69, 9.17) is 9.47 Å². The summed E-state index contributed by atoms with van der Waals surface area (Å²) in [4.78, 5) is 24.7. The lowest BCUT2D eigenvalue weighted by Gasteiger charge is -2.27. The second-order valence-electron chi connectivity index (χ2n) is 23.9. The summed E-state index contributed by atoms with van der Waals surface area (Å²) in [6, 6.07) is 0. The van der Waals surface area contributed by atoms with Crippen LogP contribution in [0.5, 0.6) is 0 Å². The number of allylic oxidation sites excluding steroid dienone is 1. The molecule has 0 spiro atoms. The molecule has 0 radical (unpaired) electrons. The Hall–Kier alpha value is -1.40. The van der Waals surface area contributed by atoms with E-state index >= 15 is 0 Å². The van der Waals surface area contributed by atoms with Gasteiger partial charge in [0.25, 0.3) is 0 Å². The average Bonchev–Trinajstić information content (AvgIpc) is 3.46. The molecule has 0 saturated carbocycles. The first-order chi connectivity index (χ1) is 36.1. The van der Waals surface area contributed by atoms with Crippen molar-refractivity contribution < 1.29 is 29.3 Å². The van der Waals surface area contributed by atoms with Crippen LogP contribution in [0.25, 0.3) is 0 Å². The number of aliphatic hydroxyl groups is 2. The quantitative estimate of drug-likeness (QED) is 0.0358. The highest BCUT2D eigenvalue weighted by Crippen LogP contribution is 2.24. The normalized spacial score (nSPS) is 15.2. The third kappa shape index (κ3) is 48.7. The monoisotopic (exact) mass is 1030 g/mol. The van der Waals surface area contributed by atoms with Crippen molar-refractivity contribution in [1.29, 1.82) is 0 Å². The molecule has 1 heterocycles. The van der Waals surface area contributed by atoms with Gasteiger partial charge in [-0.15, -0.1) is 0 Å². The molecule has 0 amide bonds. The Morgan fingerprint density at radius 3 is 0.808 bits per heavy atom. The van der Waals surface area contributed by atoms with Gasteiger partial charge >= 0.3 is 11.9 Å². The zero-order chi connectivity index (χ0) is 52.5. The number of aliphatic hydroxyl groups excluding tert-OH is 2. The molecule has 1 unspecified atom stereocenters. The van der Waals surface area contributed by atoms with Crippen LogP contribution >= 0.6 is 0 Å². The molecular weight excluding hydrogens is 901 g/mol. The summed E-state index contributed by atoms with van der Waals surface area (Å²) >= 11 is 0. The maximum atomic E-state index is 12.5. The zero-order valence-electron chi connectivity index (χ0n) is 49.2. The van der Waals surface area contributed by atoms with Gasteiger partial charge in [-0.3, -0.25) is 9.59 Å². The van der Waals surface area contributed by atoms with Gasteiger partial charge in [-0.25, -0.2) is 0 Å². The lowest BCUT2D eigenvalue weighted by molar-refractivity contribution is -0.153. The maximum Gasteiger partial charge on any atom is 0.313 e. The van der Waals surface area contributed by atoms with Crippen LogP contribution in [0.3, 0.4) is 0 Å². The van der Waals surface area contributed by atoms with Gasteiger partial charge in [0.15, 0.2) is 0 Å². The Bertz CT molecular complexity index is 1150. The van der Waals surface area contributed by atoms with Gasteiger partial charge in [-0.2, -0.15) is 0 Å². The minimum absolute atomic E-state index is 0.0812. The fourth-order valence-corrected chi connectivity index (χ4v) is 11.1. The van der Waals surface area contributed by atoms with Gasteiger partial charge in [-0.05, 0) is 12.8 Å². The summed E-state index contributed by atoms with van der Waals surface area (Å²) in [6.45, 7) is 1.12. The van der Waals surface area contributed by atoms with Gasteiger partial charge in [-0.1, -0.05) is 359 Å². The van der Waals surface area contributed by atoms with Crippen LogP contribution in [-0.2, 0) is 19.1 Å². The van der Waals surface area contributed by atoms with Crippen molar-refractivity contribution in [3.8, 4) is 0 Å². The van der Waals surface area contributed by atoms with E-state index in [0.717, 1.165) is 12.8 Å². The first-order valence-corrected chi connectivity index (χ1v) is 33.3. The van der Waals surface area contributed by atoms with Gasteiger partial charge in [0.05, 0.1) is 31.0 Å². The first-order valence-electron chi connectivity index (χ1n) is 33.3. The summed E-state index contributed by atoms with van der Waals surface area (Å²) in [5, 5.41) is 19.2. The second kappa shape index (κ2) is 56.8. The highest BCUT2D eigenvalue weighted by molar-refractivity contribution is 5.81. The summed E-state index contributed by atoms with van der Waals surface area (Å²) in [5.74, 6) is -1.71. The molecule has 0 aromatic heterocycles. The van der Waals surface area contributed by atoms with Crippen LogP contribution in [-0.4, -0.2) is 48.6 Å². The average molecular weight is 1030 g/mol. The van der Waals surface area contributed by atoms with E-state index in [0.29, 0.717) is 0 Å². The van der Waals surface area contributed by atoms with Gasteiger partial charge < -0.3 is 19.7 Å². The first kappa shape index (κ1) is 69.6. The number of cyclic esters (lactones) is 2. The molecule has 0 bridgehead atoms. The summed E-state index contributed by atoms with van der Waals surface area (Å²) in [6.07, 6.45) is 82.3. The van der Waals surface area contributed by atoms with E-state index in [1.54, 1.807) is 6.08 Å². The Morgan fingerprint density at radius 2 is 0.575 bits per heavy atom. The van der Waals surface area contributed by atoms with Crippen LogP contribution in [0.4, 0.5) is 0 Å². The zero-order valence-corrected chi connectivity index (χ0v) is 49.2. The molecule has 1 rings (SSSR count). The molecule has 432 valence electrons. The van der Waals surface area contributed by atoms with Gasteiger partial charge in [0.1, 0.15) is 13.2 Å². The van der Waals surface area contributed by atoms with Crippen LogP contribution in [0.1, 0.15) is 366 Å².